The molecule has 15 heavy (non-hydrogen) atoms. The molecule has 0 nitrogen and oxygen atoms in total. The van der Waals surface area contributed by atoms with Gasteiger partial charge in [-0.05, 0) is 18.6 Å². The minimum atomic E-state index is -0.326. The lowest BCUT2D eigenvalue weighted by atomic mass is 9.85. The van der Waals surface area contributed by atoms with Crippen LogP contribution in [0.1, 0.15) is 12.5 Å². The van der Waals surface area contributed by atoms with Crippen LogP contribution in [0, 0.1) is 11.2 Å². The van der Waals surface area contributed by atoms with E-state index in [1.54, 1.807) is 18.2 Å². The number of rotatable bonds is 4. The molecule has 0 aliphatic heterocycles. The van der Waals surface area contributed by atoms with Crippen LogP contribution in [0.25, 0.3) is 0 Å². The largest absolute Gasteiger partial charge is 0.207 e. The van der Waals surface area contributed by atoms with Crippen molar-refractivity contribution < 1.29 is 4.39 Å². The molecule has 0 aliphatic carbocycles. The Kier molecular flexibility index (Phi) is 4.18. The summed E-state index contributed by atoms with van der Waals surface area (Å²) in [5.41, 5.74) is 0.176. The van der Waals surface area contributed by atoms with E-state index < -0.39 is 0 Å². The molecule has 0 amide bonds. The normalized spacial score (nSPS) is 14.7. The lowest BCUT2D eigenvalue weighted by Gasteiger charge is -2.23. The zero-order valence-electron chi connectivity index (χ0n) is 8.56. The summed E-state index contributed by atoms with van der Waals surface area (Å²) in [4.78, 5) is 0. The first-order valence-electron chi connectivity index (χ1n) is 4.65. The van der Waals surface area contributed by atoms with E-state index in [2.05, 4.69) is 6.58 Å². The number of allylic oxidation sites excluding steroid dienone is 1. The Balaban J connectivity index is 3.03. The van der Waals surface area contributed by atoms with Crippen molar-refractivity contribution in [3.63, 3.8) is 0 Å². The van der Waals surface area contributed by atoms with E-state index in [9.17, 15) is 4.39 Å². The predicted molar refractivity (Wildman–Crippen MR) is 64.1 cm³/mol. The van der Waals surface area contributed by atoms with Crippen molar-refractivity contribution in [2.75, 3.05) is 5.88 Å². The molecule has 1 aromatic rings. The third-order valence-electron chi connectivity index (χ3n) is 2.44. The maximum atomic E-state index is 13.5. The average molecular weight is 247 g/mol. The molecular formula is C12H13Cl2F. The third-order valence-corrected chi connectivity index (χ3v) is 3.41. The third kappa shape index (κ3) is 2.96. The van der Waals surface area contributed by atoms with Crippen LogP contribution in [0.15, 0.2) is 30.9 Å². The number of alkyl halides is 1. The van der Waals surface area contributed by atoms with Crippen LogP contribution < -0.4 is 0 Å². The van der Waals surface area contributed by atoms with Crippen LogP contribution in [-0.4, -0.2) is 5.88 Å². The van der Waals surface area contributed by atoms with Gasteiger partial charge in [-0.2, -0.15) is 0 Å². The SMILES string of the molecule is C=CC(C)(CCl)Cc1c(F)cccc1Cl. The summed E-state index contributed by atoms with van der Waals surface area (Å²) in [6.45, 7) is 5.64. The van der Waals surface area contributed by atoms with Crippen molar-refractivity contribution in [2.45, 2.75) is 13.3 Å². The highest BCUT2D eigenvalue weighted by Gasteiger charge is 2.22. The number of hydrogen-bond acceptors (Lipinski definition) is 0. The van der Waals surface area contributed by atoms with Crippen LogP contribution in [-0.2, 0) is 6.42 Å². The van der Waals surface area contributed by atoms with Gasteiger partial charge in [0.2, 0.25) is 0 Å². The van der Waals surface area contributed by atoms with Gasteiger partial charge in [0.15, 0.2) is 0 Å². The quantitative estimate of drug-likeness (QED) is 0.544. The molecular weight excluding hydrogens is 234 g/mol. The van der Waals surface area contributed by atoms with Gasteiger partial charge in [0.1, 0.15) is 5.82 Å². The average Bonchev–Trinajstić information content (AvgIpc) is 2.23. The summed E-state index contributed by atoms with van der Waals surface area (Å²) in [6, 6.07) is 4.67. The zero-order chi connectivity index (χ0) is 11.5. The van der Waals surface area contributed by atoms with Gasteiger partial charge in [0.05, 0.1) is 0 Å². The molecule has 0 spiro atoms. The first-order chi connectivity index (χ1) is 7.02. The standard InChI is InChI=1S/C12H13Cl2F/c1-3-12(2,8-13)7-9-10(14)5-4-6-11(9)15/h3-6H,1,7-8H2,2H3. The molecule has 0 saturated heterocycles. The maximum absolute atomic E-state index is 13.5. The minimum absolute atomic E-state index is 0.291. The second-order valence-electron chi connectivity index (χ2n) is 3.87. The van der Waals surface area contributed by atoms with E-state index in [0.29, 0.717) is 22.9 Å². The second-order valence-corrected chi connectivity index (χ2v) is 4.54. The van der Waals surface area contributed by atoms with E-state index >= 15 is 0 Å². The van der Waals surface area contributed by atoms with Crippen LogP contribution >= 0.6 is 23.2 Å². The second kappa shape index (κ2) is 5.00. The number of hydrogen-bond donors (Lipinski definition) is 0. The van der Waals surface area contributed by atoms with Gasteiger partial charge in [-0.1, -0.05) is 30.7 Å². The highest BCUT2D eigenvalue weighted by Crippen LogP contribution is 2.30. The van der Waals surface area contributed by atoms with Gasteiger partial charge in [-0.3, -0.25) is 0 Å². The molecule has 0 aromatic heterocycles. The summed E-state index contributed by atoms with van der Waals surface area (Å²) in [5, 5.41) is 0.438. The first-order valence-corrected chi connectivity index (χ1v) is 5.56. The van der Waals surface area contributed by atoms with Crippen LogP contribution in [0.5, 0.6) is 0 Å². The van der Waals surface area contributed by atoms with Gasteiger partial charge in [-0.25, -0.2) is 4.39 Å². The van der Waals surface area contributed by atoms with Crippen molar-refractivity contribution in [1.82, 2.24) is 0 Å². The fourth-order valence-corrected chi connectivity index (χ4v) is 1.71. The predicted octanol–water partition coefficient (Wildman–Crippen LogP) is 4.45. The molecule has 0 aliphatic rings. The highest BCUT2D eigenvalue weighted by molar-refractivity contribution is 6.31. The molecule has 1 aromatic carbocycles. The Bertz CT molecular complexity index is 342. The molecule has 3 heteroatoms. The Labute approximate surface area is 99.7 Å². The van der Waals surface area contributed by atoms with Crippen molar-refractivity contribution in [3.05, 3.63) is 47.3 Å². The molecule has 0 N–H and O–H groups in total. The Hall–Kier alpha value is -0.530. The van der Waals surface area contributed by atoms with E-state index in [0.717, 1.165) is 0 Å². The molecule has 1 atom stereocenters. The Morgan fingerprint density at radius 3 is 2.67 bits per heavy atom. The summed E-state index contributed by atoms with van der Waals surface area (Å²) in [6.07, 6.45) is 2.20. The highest BCUT2D eigenvalue weighted by atomic mass is 35.5. The molecule has 0 saturated carbocycles. The van der Waals surface area contributed by atoms with Gasteiger partial charge in [0.25, 0.3) is 0 Å². The lowest BCUT2D eigenvalue weighted by Crippen LogP contribution is -2.19. The van der Waals surface area contributed by atoms with Crippen LogP contribution in [0.3, 0.4) is 0 Å². The number of halogens is 3. The van der Waals surface area contributed by atoms with Crippen molar-refractivity contribution in [2.24, 2.45) is 5.41 Å². The van der Waals surface area contributed by atoms with Gasteiger partial charge >= 0.3 is 0 Å². The van der Waals surface area contributed by atoms with Crippen molar-refractivity contribution >= 4 is 23.2 Å². The summed E-state index contributed by atoms with van der Waals surface area (Å²) >= 11 is 11.8. The zero-order valence-corrected chi connectivity index (χ0v) is 10.1. The van der Waals surface area contributed by atoms with E-state index in [-0.39, 0.29) is 11.2 Å². The molecule has 82 valence electrons. The summed E-state index contributed by atoms with van der Waals surface area (Å²) < 4.78 is 13.5. The van der Waals surface area contributed by atoms with Gasteiger partial charge in [-0.15, -0.1) is 18.2 Å². The van der Waals surface area contributed by atoms with Crippen molar-refractivity contribution in [1.29, 1.82) is 0 Å². The summed E-state index contributed by atoms with van der Waals surface area (Å²) in [5.74, 6) is 0.0990. The lowest BCUT2D eigenvalue weighted by molar-refractivity contribution is 0.470. The molecule has 0 fully saturated rings. The van der Waals surface area contributed by atoms with Gasteiger partial charge < -0.3 is 0 Å². The fraction of sp³-hybridized carbons (Fsp3) is 0.333. The Morgan fingerprint density at radius 2 is 2.20 bits per heavy atom. The van der Waals surface area contributed by atoms with E-state index in [1.165, 1.54) is 6.07 Å². The van der Waals surface area contributed by atoms with Crippen LogP contribution in [0.4, 0.5) is 4.39 Å². The molecule has 0 bridgehead atoms. The number of benzene rings is 1. The molecule has 0 radical (unpaired) electrons. The maximum Gasteiger partial charge on any atom is 0.127 e. The van der Waals surface area contributed by atoms with Crippen LogP contribution in [0.2, 0.25) is 5.02 Å². The van der Waals surface area contributed by atoms with Crippen molar-refractivity contribution in [3.8, 4) is 0 Å². The van der Waals surface area contributed by atoms with E-state index in [4.69, 9.17) is 23.2 Å². The topological polar surface area (TPSA) is 0 Å². The monoisotopic (exact) mass is 246 g/mol. The first kappa shape index (κ1) is 12.5. The summed E-state index contributed by atoms with van der Waals surface area (Å²) in [7, 11) is 0. The molecule has 1 rings (SSSR count). The van der Waals surface area contributed by atoms with Gasteiger partial charge in [0, 0.05) is 21.9 Å². The molecule has 0 heterocycles. The Morgan fingerprint density at radius 1 is 1.53 bits per heavy atom. The fourth-order valence-electron chi connectivity index (χ4n) is 1.28. The minimum Gasteiger partial charge on any atom is -0.207 e. The molecule has 1 unspecified atom stereocenters. The smallest absolute Gasteiger partial charge is 0.127 e. The van der Waals surface area contributed by atoms with E-state index in [1.807, 2.05) is 6.92 Å².